The number of hydrogen-bond acceptors (Lipinski definition) is 3. The summed E-state index contributed by atoms with van der Waals surface area (Å²) < 4.78 is 40.3. The molecule has 1 aromatic rings. The van der Waals surface area contributed by atoms with Crippen LogP contribution in [0.2, 0.25) is 0 Å². The van der Waals surface area contributed by atoms with Gasteiger partial charge in [0.15, 0.2) is 6.04 Å². The molecule has 26 heavy (non-hydrogen) atoms. The number of carbonyl (C=O) groups is 1. The predicted octanol–water partition coefficient (Wildman–Crippen LogP) is 3.52. The smallest absolute Gasteiger partial charge is 0.390 e. The maximum Gasteiger partial charge on any atom is 0.412 e. The molecular weight excluding hydrogens is 345 g/mol. The number of rotatable bonds is 4. The maximum atomic E-state index is 13.4. The highest BCUT2D eigenvalue weighted by Gasteiger charge is 2.57. The summed E-state index contributed by atoms with van der Waals surface area (Å²) in [7, 11) is 0. The Hall–Kier alpha value is -1.63. The number of nitrogens with zero attached hydrogens (tertiary/aromatic N) is 1. The Balaban J connectivity index is 1.49. The topological polar surface area (TPSA) is 62.2 Å². The van der Waals surface area contributed by atoms with E-state index in [0.717, 1.165) is 38.3 Å². The first-order valence-electron chi connectivity index (χ1n) is 9.15. The third kappa shape index (κ3) is 3.33. The van der Waals surface area contributed by atoms with Crippen LogP contribution in [0, 0.1) is 17.3 Å². The second-order valence-electron chi connectivity index (χ2n) is 8.69. The monoisotopic (exact) mass is 368 g/mol. The zero-order chi connectivity index (χ0) is 18.6. The van der Waals surface area contributed by atoms with E-state index in [1.54, 1.807) is 0 Å². The van der Waals surface area contributed by atoms with Crippen LogP contribution >= 0.6 is 0 Å². The standard InChI is InChI=1S/C19H23F3N2O2/c20-19(21,22)16(14-2-1-3-23-10-14)24-15(25)9-17-5-12-4-13(6-17)8-18(26,7-12)11-17/h1-3,10,12-13,16,26H,4-9,11H2,(H,24,25)/t12-,13+,16-,17?,18?/m1/s1. The molecule has 1 amide bonds. The van der Waals surface area contributed by atoms with Crippen LogP contribution in [0.1, 0.15) is 56.6 Å². The lowest BCUT2D eigenvalue weighted by molar-refractivity contribution is -0.176. The minimum Gasteiger partial charge on any atom is -0.390 e. The summed E-state index contributed by atoms with van der Waals surface area (Å²) in [5, 5.41) is 12.9. The van der Waals surface area contributed by atoms with Crippen LogP contribution in [-0.4, -0.2) is 27.8 Å². The summed E-state index contributed by atoms with van der Waals surface area (Å²) in [6.45, 7) is 0. The second kappa shape index (κ2) is 5.94. The normalized spacial score (nSPS) is 36.8. The number of aromatic nitrogens is 1. The fourth-order valence-electron chi connectivity index (χ4n) is 6.06. The molecule has 2 N–H and O–H groups in total. The van der Waals surface area contributed by atoms with Crippen molar-refractivity contribution in [3.05, 3.63) is 30.1 Å². The molecule has 4 nitrogen and oxygen atoms in total. The number of halogens is 3. The molecule has 0 saturated heterocycles. The quantitative estimate of drug-likeness (QED) is 0.855. The summed E-state index contributed by atoms with van der Waals surface area (Å²) in [5.41, 5.74) is -1.15. The zero-order valence-corrected chi connectivity index (χ0v) is 14.4. The van der Waals surface area contributed by atoms with Gasteiger partial charge in [0, 0.05) is 24.4 Å². The zero-order valence-electron chi connectivity index (χ0n) is 14.4. The molecule has 4 saturated carbocycles. The molecule has 0 radical (unpaired) electrons. The van der Waals surface area contributed by atoms with Gasteiger partial charge in [-0.15, -0.1) is 0 Å². The lowest BCUT2D eigenvalue weighted by Gasteiger charge is -2.60. The molecule has 1 heterocycles. The van der Waals surface area contributed by atoms with Crippen LogP contribution in [0.3, 0.4) is 0 Å². The lowest BCUT2D eigenvalue weighted by Crippen LogP contribution is -2.56. The first-order valence-corrected chi connectivity index (χ1v) is 9.15. The number of carbonyl (C=O) groups excluding carboxylic acids is 1. The molecule has 7 heteroatoms. The van der Waals surface area contributed by atoms with Crippen molar-refractivity contribution in [3.63, 3.8) is 0 Å². The van der Waals surface area contributed by atoms with Crippen molar-refractivity contribution in [2.45, 2.75) is 62.8 Å². The van der Waals surface area contributed by atoms with Gasteiger partial charge < -0.3 is 10.4 Å². The second-order valence-corrected chi connectivity index (χ2v) is 8.69. The molecule has 4 fully saturated rings. The van der Waals surface area contributed by atoms with E-state index in [4.69, 9.17) is 0 Å². The molecule has 5 rings (SSSR count). The van der Waals surface area contributed by atoms with Crippen molar-refractivity contribution in [3.8, 4) is 0 Å². The Morgan fingerprint density at radius 3 is 2.54 bits per heavy atom. The van der Waals surface area contributed by atoms with E-state index in [1.807, 2.05) is 0 Å². The summed E-state index contributed by atoms with van der Waals surface area (Å²) in [6, 6.07) is 0.689. The fraction of sp³-hybridized carbons (Fsp3) is 0.684. The van der Waals surface area contributed by atoms with Crippen LogP contribution in [-0.2, 0) is 4.79 Å². The van der Waals surface area contributed by atoms with Gasteiger partial charge in [0.25, 0.3) is 0 Å². The molecule has 4 bridgehead atoms. The first kappa shape index (κ1) is 17.8. The van der Waals surface area contributed by atoms with Gasteiger partial charge in [0.1, 0.15) is 0 Å². The molecule has 5 atom stereocenters. The SMILES string of the molecule is O=C(CC12C[C@@H]3C[C@@H](CC(O)(C3)C1)C2)N[C@H](c1cccnc1)C(F)(F)F. The number of hydrogen-bond donors (Lipinski definition) is 2. The minimum absolute atomic E-state index is 0.0507. The largest absolute Gasteiger partial charge is 0.412 e. The maximum absolute atomic E-state index is 13.4. The Morgan fingerprint density at radius 2 is 2.00 bits per heavy atom. The van der Waals surface area contributed by atoms with Gasteiger partial charge in [0.2, 0.25) is 5.91 Å². The van der Waals surface area contributed by atoms with Gasteiger partial charge in [0.05, 0.1) is 5.60 Å². The number of aliphatic hydroxyl groups is 1. The van der Waals surface area contributed by atoms with E-state index >= 15 is 0 Å². The summed E-state index contributed by atoms with van der Waals surface area (Å²) in [6.07, 6.45) is 2.82. The van der Waals surface area contributed by atoms with Crippen molar-refractivity contribution in [2.24, 2.45) is 17.3 Å². The Morgan fingerprint density at radius 1 is 1.31 bits per heavy atom. The number of nitrogens with one attached hydrogen (secondary N) is 1. The van der Waals surface area contributed by atoms with Gasteiger partial charge in [-0.25, -0.2) is 0 Å². The molecule has 4 aliphatic rings. The summed E-state index contributed by atoms with van der Waals surface area (Å²) in [5.74, 6) is 0.193. The Bertz CT molecular complexity index is 678. The van der Waals surface area contributed by atoms with Crippen LogP contribution < -0.4 is 5.32 Å². The lowest BCUT2D eigenvalue weighted by atomic mass is 9.47. The molecule has 142 valence electrons. The van der Waals surface area contributed by atoms with Gasteiger partial charge in [-0.1, -0.05) is 6.07 Å². The summed E-state index contributed by atoms with van der Waals surface area (Å²) >= 11 is 0. The van der Waals surface area contributed by atoms with E-state index in [-0.39, 0.29) is 17.4 Å². The summed E-state index contributed by atoms with van der Waals surface area (Å²) in [4.78, 5) is 16.3. The average Bonchev–Trinajstić information content (AvgIpc) is 2.49. The van der Waals surface area contributed by atoms with E-state index in [9.17, 15) is 23.1 Å². The van der Waals surface area contributed by atoms with Gasteiger partial charge in [-0.05, 0) is 61.8 Å². The van der Waals surface area contributed by atoms with Gasteiger partial charge in [-0.2, -0.15) is 13.2 Å². The fourth-order valence-corrected chi connectivity index (χ4v) is 6.06. The highest BCUT2D eigenvalue weighted by Crippen LogP contribution is 2.62. The minimum atomic E-state index is -4.58. The number of pyridine rings is 1. The molecule has 1 aromatic heterocycles. The first-order chi connectivity index (χ1) is 12.2. The van der Waals surface area contributed by atoms with E-state index in [1.165, 1.54) is 18.3 Å². The van der Waals surface area contributed by atoms with E-state index in [0.29, 0.717) is 18.3 Å². The van der Waals surface area contributed by atoms with E-state index in [2.05, 4.69) is 10.3 Å². The highest BCUT2D eigenvalue weighted by atomic mass is 19.4. The van der Waals surface area contributed by atoms with Gasteiger partial charge in [-0.3, -0.25) is 9.78 Å². The van der Waals surface area contributed by atoms with Crippen LogP contribution in [0.5, 0.6) is 0 Å². The average molecular weight is 368 g/mol. The van der Waals surface area contributed by atoms with Crippen LogP contribution in [0.4, 0.5) is 13.2 Å². The predicted molar refractivity (Wildman–Crippen MR) is 87.9 cm³/mol. The van der Waals surface area contributed by atoms with Crippen molar-refractivity contribution in [1.82, 2.24) is 10.3 Å². The van der Waals surface area contributed by atoms with Gasteiger partial charge >= 0.3 is 6.18 Å². The molecule has 0 aromatic carbocycles. The van der Waals surface area contributed by atoms with Crippen LogP contribution in [0.15, 0.2) is 24.5 Å². The Labute approximate surface area is 150 Å². The molecule has 0 aliphatic heterocycles. The molecule has 2 unspecified atom stereocenters. The highest BCUT2D eigenvalue weighted by molar-refractivity contribution is 5.77. The third-order valence-electron chi connectivity index (χ3n) is 6.34. The van der Waals surface area contributed by atoms with Crippen molar-refractivity contribution in [1.29, 1.82) is 0 Å². The third-order valence-corrected chi connectivity index (χ3v) is 6.34. The number of amides is 1. The molecule has 4 aliphatic carbocycles. The van der Waals surface area contributed by atoms with E-state index < -0.39 is 23.7 Å². The molecule has 0 spiro atoms. The Kier molecular flexibility index (Phi) is 4.06. The van der Waals surface area contributed by atoms with Crippen molar-refractivity contribution < 1.29 is 23.1 Å². The number of alkyl halides is 3. The molecular formula is C19H23F3N2O2. The van der Waals surface area contributed by atoms with Crippen LogP contribution in [0.25, 0.3) is 0 Å². The van der Waals surface area contributed by atoms with Crippen molar-refractivity contribution in [2.75, 3.05) is 0 Å². The van der Waals surface area contributed by atoms with Crippen molar-refractivity contribution >= 4 is 5.91 Å².